The van der Waals surface area contributed by atoms with E-state index in [0.717, 1.165) is 19.4 Å². The maximum atomic E-state index is 12.4. The fraction of sp³-hybridized carbons (Fsp3) is 0.389. The molecule has 0 saturated carbocycles. The molecule has 0 radical (unpaired) electrons. The van der Waals surface area contributed by atoms with E-state index >= 15 is 0 Å². The number of ether oxygens (including phenoxy) is 2. The van der Waals surface area contributed by atoms with Crippen LogP contribution in [0.5, 0.6) is 11.5 Å². The van der Waals surface area contributed by atoms with Gasteiger partial charge in [-0.05, 0) is 43.0 Å². The maximum absolute atomic E-state index is 12.4. The normalized spacial score (nSPS) is 17.7. The zero-order valence-corrected chi connectivity index (χ0v) is 14.8. The maximum Gasteiger partial charge on any atom is 0.238 e. The summed E-state index contributed by atoms with van der Waals surface area (Å²) in [5, 5.41) is 5.04. The number of rotatable bonds is 6. The van der Waals surface area contributed by atoms with Crippen molar-refractivity contribution in [3.8, 4) is 11.5 Å². The van der Waals surface area contributed by atoms with Crippen LogP contribution in [-0.2, 0) is 4.79 Å². The third kappa shape index (κ3) is 3.71. The molecule has 1 aliphatic heterocycles. The molecule has 24 heavy (non-hydrogen) atoms. The summed E-state index contributed by atoms with van der Waals surface area (Å²) in [6, 6.07) is 9.97. The lowest BCUT2D eigenvalue weighted by atomic mass is 10.2. The smallest absolute Gasteiger partial charge is 0.238 e. The Morgan fingerprint density at radius 2 is 2.12 bits per heavy atom. The fourth-order valence-corrected chi connectivity index (χ4v) is 4.01. The molecule has 1 aromatic heterocycles. The van der Waals surface area contributed by atoms with Crippen LogP contribution in [0.3, 0.4) is 0 Å². The standard InChI is InChI=1S/C18H22N2O3S/c1-22-15-8-7-13(11-16(15)23-2)19-18(21)12-20-9-3-5-14(20)17-6-4-10-24-17/h4,6-8,10-11,14H,3,5,9,12H2,1-2H3,(H,19,21)/t14-/m0/s1. The molecule has 0 spiro atoms. The van der Waals surface area contributed by atoms with Gasteiger partial charge in [0, 0.05) is 22.7 Å². The van der Waals surface area contributed by atoms with Crippen LogP contribution < -0.4 is 14.8 Å². The third-order valence-corrected chi connectivity index (χ3v) is 5.22. The largest absolute Gasteiger partial charge is 0.493 e. The Balaban J connectivity index is 1.63. The van der Waals surface area contributed by atoms with Crippen LogP contribution in [0.25, 0.3) is 0 Å². The molecular weight excluding hydrogens is 324 g/mol. The predicted octanol–water partition coefficient (Wildman–Crippen LogP) is 3.54. The van der Waals surface area contributed by atoms with E-state index in [2.05, 4.69) is 27.7 Å². The van der Waals surface area contributed by atoms with Crippen molar-refractivity contribution in [1.82, 2.24) is 4.90 Å². The zero-order chi connectivity index (χ0) is 16.9. The van der Waals surface area contributed by atoms with Crippen LogP contribution in [0.1, 0.15) is 23.8 Å². The van der Waals surface area contributed by atoms with Gasteiger partial charge in [-0.3, -0.25) is 9.69 Å². The summed E-state index contributed by atoms with van der Waals surface area (Å²) >= 11 is 1.76. The van der Waals surface area contributed by atoms with Gasteiger partial charge in [-0.1, -0.05) is 6.07 Å². The Morgan fingerprint density at radius 3 is 2.83 bits per heavy atom. The van der Waals surface area contributed by atoms with Crippen molar-refractivity contribution in [3.05, 3.63) is 40.6 Å². The first-order valence-electron chi connectivity index (χ1n) is 8.00. The number of hydrogen-bond donors (Lipinski definition) is 1. The van der Waals surface area contributed by atoms with Crippen LogP contribution in [-0.4, -0.2) is 38.1 Å². The van der Waals surface area contributed by atoms with Gasteiger partial charge < -0.3 is 14.8 Å². The summed E-state index contributed by atoms with van der Waals surface area (Å²) in [5.41, 5.74) is 0.713. The number of nitrogens with one attached hydrogen (secondary N) is 1. The number of carbonyl (C=O) groups excluding carboxylic acids is 1. The van der Waals surface area contributed by atoms with Crippen LogP contribution in [0.2, 0.25) is 0 Å². The van der Waals surface area contributed by atoms with E-state index in [1.54, 1.807) is 37.7 Å². The van der Waals surface area contributed by atoms with E-state index in [-0.39, 0.29) is 5.91 Å². The van der Waals surface area contributed by atoms with Gasteiger partial charge in [-0.15, -0.1) is 11.3 Å². The summed E-state index contributed by atoms with van der Waals surface area (Å²) in [7, 11) is 3.17. The van der Waals surface area contributed by atoms with E-state index in [1.807, 2.05) is 6.07 Å². The van der Waals surface area contributed by atoms with E-state index in [0.29, 0.717) is 29.8 Å². The van der Waals surface area contributed by atoms with Gasteiger partial charge in [-0.25, -0.2) is 0 Å². The molecule has 2 heterocycles. The van der Waals surface area contributed by atoms with E-state index in [1.165, 1.54) is 4.88 Å². The Kier molecular flexibility index (Phi) is 5.37. The van der Waals surface area contributed by atoms with Gasteiger partial charge in [0.1, 0.15) is 0 Å². The van der Waals surface area contributed by atoms with E-state index < -0.39 is 0 Å². The second-order valence-electron chi connectivity index (χ2n) is 5.76. The molecule has 1 fully saturated rings. The Bertz CT molecular complexity index is 688. The minimum Gasteiger partial charge on any atom is -0.493 e. The van der Waals surface area contributed by atoms with Crippen LogP contribution in [0.15, 0.2) is 35.7 Å². The van der Waals surface area contributed by atoms with Crippen LogP contribution in [0.4, 0.5) is 5.69 Å². The third-order valence-electron chi connectivity index (χ3n) is 4.25. The molecule has 1 aliphatic rings. The molecule has 6 heteroatoms. The molecule has 1 atom stereocenters. The van der Waals surface area contributed by atoms with Crippen molar-refractivity contribution in [1.29, 1.82) is 0 Å². The molecule has 1 amide bonds. The van der Waals surface area contributed by atoms with E-state index in [9.17, 15) is 4.79 Å². The van der Waals surface area contributed by atoms with Gasteiger partial charge in [-0.2, -0.15) is 0 Å². The average Bonchev–Trinajstić information content (AvgIpc) is 3.25. The van der Waals surface area contributed by atoms with Crippen molar-refractivity contribution in [3.63, 3.8) is 0 Å². The highest BCUT2D eigenvalue weighted by Crippen LogP contribution is 2.34. The summed E-state index contributed by atoms with van der Waals surface area (Å²) in [5.74, 6) is 1.24. The van der Waals surface area contributed by atoms with Crippen molar-refractivity contribution in [2.75, 3.05) is 32.6 Å². The quantitative estimate of drug-likeness (QED) is 0.869. The lowest BCUT2D eigenvalue weighted by Gasteiger charge is -2.23. The summed E-state index contributed by atoms with van der Waals surface area (Å²) in [4.78, 5) is 16.0. The van der Waals surface area contributed by atoms with Crippen molar-refractivity contribution in [2.45, 2.75) is 18.9 Å². The molecule has 0 bridgehead atoms. The number of thiophene rings is 1. The molecule has 1 aromatic carbocycles. The number of benzene rings is 1. The molecule has 0 unspecified atom stereocenters. The Labute approximate surface area is 146 Å². The number of carbonyl (C=O) groups is 1. The number of hydrogen-bond acceptors (Lipinski definition) is 5. The second-order valence-corrected chi connectivity index (χ2v) is 6.74. The highest BCUT2D eigenvalue weighted by Gasteiger charge is 2.28. The first-order chi connectivity index (χ1) is 11.7. The predicted molar refractivity (Wildman–Crippen MR) is 96.0 cm³/mol. The van der Waals surface area contributed by atoms with Crippen molar-refractivity contribution in [2.24, 2.45) is 0 Å². The van der Waals surface area contributed by atoms with Gasteiger partial charge in [0.15, 0.2) is 11.5 Å². The SMILES string of the molecule is COc1ccc(NC(=O)CN2CCC[C@H]2c2cccs2)cc1OC. The number of methoxy groups -OCH3 is 2. The topological polar surface area (TPSA) is 50.8 Å². The minimum atomic E-state index is -0.00863. The summed E-state index contributed by atoms with van der Waals surface area (Å²) in [6.07, 6.45) is 2.25. The number of nitrogens with zero attached hydrogens (tertiary/aromatic N) is 1. The summed E-state index contributed by atoms with van der Waals surface area (Å²) in [6.45, 7) is 1.36. The number of amides is 1. The fourth-order valence-electron chi connectivity index (χ4n) is 3.12. The average molecular weight is 346 g/mol. The lowest BCUT2D eigenvalue weighted by molar-refractivity contribution is -0.117. The Morgan fingerprint density at radius 1 is 1.29 bits per heavy atom. The molecule has 1 N–H and O–H groups in total. The first kappa shape index (κ1) is 16.8. The minimum absolute atomic E-state index is 0.00863. The van der Waals surface area contributed by atoms with Gasteiger partial charge in [0.05, 0.1) is 20.8 Å². The van der Waals surface area contributed by atoms with Crippen LogP contribution >= 0.6 is 11.3 Å². The Hall–Kier alpha value is -2.05. The number of anilines is 1. The van der Waals surface area contributed by atoms with Crippen molar-refractivity contribution >= 4 is 22.9 Å². The highest BCUT2D eigenvalue weighted by atomic mass is 32.1. The molecular formula is C18H22N2O3S. The van der Waals surface area contributed by atoms with Crippen molar-refractivity contribution < 1.29 is 14.3 Å². The lowest BCUT2D eigenvalue weighted by Crippen LogP contribution is -2.32. The molecule has 2 aromatic rings. The molecule has 3 rings (SSSR count). The van der Waals surface area contributed by atoms with Crippen LogP contribution in [0, 0.1) is 0 Å². The van der Waals surface area contributed by atoms with Gasteiger partial charge in [0.25, 0.3) is 0 Å². The molecule has 0 aliphatic carbocycles. The first-order valence-corrected chi connectivity index (χ1v) is 8.88. The highest BCUT2D eigenvalue weighted by molar-refractivity contribution is 7.10. The summed E-state index contributed by atoms with van der Waals surface area (Å²) < 4.78 is 10.5. The zero-order valence-electron chi connectivity index (χ0n) is 14.0. The van der Waals surface area contributed by atoms with Gasteiger partial charge in [0.2, 0.25) is 5.91 Å². The number of likely N-dealkylation sites (tertiary alicyclic amines) is 1. The molecule has 1 saturated heterocycles. The second kappa shape index (κ2) is 7.68. The van der Waals surface area contributed by atoms with Gasteiger partial charge >= 0.3 is 0 Å². The van der Waals surface area contributed by atoms with E-state index in [4.69, 9.17) is 9.47 Å². The monoisotopic (exact) mass is 346 g/mol. The molecule has 5 nitrogen and oxygen atoms in total. The molecule has 128 valence electrons.